The highest BCUT2D eigenvalue weighted by molar-refractivity contribution is 7.99. The van der Waals surface area contributed by atoms with Crippen LogP contribution in [0, 0.1) is 0 Å². The number of anilines is 1. The zero-order valence-corrected chi connectivity index (χ0v) is 21.8. The minimum Gasteiger partial charge on any atom is -0.497 e. The van der Waals surface area contributed by atoms with Gasteiger partial charge in [-0.2, -0.15) is 0 Å². The molecule has 38 heavy (non-hydrogen) atoms. The first-order valence-electron chi connectivity index (χ1n) is 12.5. The summed E-state index contributed by atoms with van der Waals surface area (Å²) in [7, 11) is 1.59. The molecule has 1 amide bonds. The maximum atomic E-state index is 13.8. The lowest BCUT2D eigenvalue weighted by atomic mass is 10.2. The van der Waals surface area contributed by atoms with Crippen LogP contribution < -0.4 is 15.2 Å². The van der Waals surface area contributed by atoms with Gasteiger partial charge in [0, 0.05) is 48.8 Å². The molecule has 1 fully saturated rings. The second-order valence-electron chi connectivity index (χ2n) is 9.12. The summed E-state index contributed by atoms with van der Waals surface area (Å²) >= 11 is 1.29. The Hall–Kier alpha value is -4.24. The molecular weight excluding hydrogens is 498 g/mol. The Bertz CT molecular complexity index is 1670. The Kier molecular flexibility index (Phi) is 6.51. The highest BCUT2D eigenvalue weighted by Crippen LogP contribution is 2.28. The molecule has 3 aromatic carbocycles. The molecule has 3 heterocycles. The molecule has 192 valence electrons. The Balaban J connectivity index is 1.29. The van der Waals surface area contributed by atoms with Gasteiger partial charge in [0.15, 0.2) is 5.16 Å². The smallest absolute Gasteiger partial charge is 0.283 e. The number of methoxy groups -OCH3 is 1. The number of nitrogens with zero attached hydrogens (tertiary/aromatic N) is 4. The van der Waals surface area contributed by atoms with Gasteiger partial charge in [0.2, 0.25) is 5.91 Å². The predicted octanol–water partition coefficient (Wildman–Crippen LogP) is 4.32. The van der Waals surface area contributed by atoms with Crippen LogP contribution >= 0.6 is 11.8 Å². The first-order valence-corrected chi connectivity index (χ1v) is 13.5. The summed E-state index contributed by atoms with van der Waals surface area (Å²) in [4.78, 5) is 39.3. The van der Waals surface area contributed by atoms with Crippen LogP contribution in [0.1, 0.15) is 0 Å². The van der Waals surface area contributed by atoms with Crippen LogP contribution in [0.4, 0.5) is 5.69 Å². The quantitative estimate of drug-likeness (QED) is 0.263. The van der Waals surface area contributed by atoms with Crippen LogP contribution in [0.25, 0.3) is 27.6 Å². The van der Waals surface area contributed by atoms with E-state index >= 15 is 0 Å². The van der Waals surface area contributed by atoms with Crippen molar-refractivity contribution in [2.24, 2.45) is 0 Å². The van der Waals surface area contributed by atoms with E-state index in [-0.39, 0.29) is 17.2 Å². The van der Waals surface area contributed by atoms with Gasteiger partial charge in [0.05, 0.1) is 18.6 Å². The Morgan fingerprint density at radius 1 is 0.947 bits per heavy atom. The van der Waals surface area contributed by atoms with Gasteiger partial charge in [-0.3, -0.25) is 14.2 Å². The van der Waals surface area contributed by atoms with Gasteiger partial charge in [-0.15, -0.1) is 0 Å². The minimum absolute atomic E-state index is 0.0353. The molecule has 0 saturated carbocycles. The minimum atomic E-state index is -0.217. The number of aromatic nitrogens is 3. The number of carbonyl (C=O) groups is 1. The molecule has 0 spiro atoms. The first kappa shape index (κ1) is 24.1. The standard InChI is InChI=1S/C29H27N5O3S/c1-37-22-11-7-10-21(18-22)34-28(36)27-26(23-12-5-6-13-24(23)30-27)31-29(34)38-19-25(35)33-16-14-32(15-17-33)20-8-3-2-4-9-20/h2-13,18,30H,14-17,19H2,1H3. The van der Waals surface area contributed by atoms with Crippen molar-refractivity contribution in [2.45, 2.75) is 5.16 Å². The number of H-pyrrole nitrogens is 1. The van der Waals surface area contributed by atoms with Gasteiger partial charge in [0.25, 0.3) is 5.56 Å². The number of nitrogens with one attached hydrogen (secondary N) is 1. The average molecular weight is 526 g/mol. The van der Waals surface area contributed by atoms with Crippen molar-refractivity contribution in [3.63, 3.8) is 0 Å². The lowest BCUT2D eigenvalue weighted by Crippen LogP contribution is -2.49. The molecule has 1 saturated heterocycles. The summed E-state index contributed by atoms with van der Waals surface area (Å²) in [5.41, 5.74) is 3.48. The maximum Gasteiger partial charge on any atom is 0.283 e. The summed E-state index contributed by atoms with van der Waals surface area (Å²) in [6.07, 6.45) is 0. The molecule has 6 rings (SSSR count). The number of aromatic amines is 1. The molecule has 0 aliphatic carbocycles. The highest BCUT2D eigenvalue weighted by Gasteiger charge is 2.23. The third-order valence-corrected chi connectivity index (χ3v) is 7.81. The first-order chi connectivity index (χ1) is 18.6. The number of hydrogen-bond donors (Lipinski definition) is 1. The predicted molar refractivity (Wildman–Crippen MR) is 152 cm³/mol. The van der Waals surface area contributed by atoms with E-state index in [1.165, 1.54) is 17.4 Å². The van der Waals surface area contributed by atoms with E-state index in [1.807, 2.05) is 65.6 Å². The van der Waals surface area contributed by atoms with Crippen molar-refractivity contribution in [1.29, 1.82) is 0 Å². The zero-order valence-electron chi connectivity index (χ0n) is 21.0. The number of para-hydroxylation sites is 2. The number of fused-ring (bicyclic) bond motifs is 3. The number of hydrogen-bond acceptors (Lipinski definition) is 6. The van der Waals surface area contributed by atoms with E-state index in [2.05, 4.69) is 22.0 Å². The van der Waals surface area contributed by atoms with Crippen LogP contribution in [0.2, 0.25) is 0 Å². The second kappa shape index (κ2) is 10.3. The summed E-state index contributed by atoms with van der Waals surface area (Å²) in [6.45, 7) is 2.89. The summed E-state index contributed by atoms with van der Waals surface area (Å²) in [5.74, 6) is 0.859. The largest absolute Gasteiger partial charge is 0.497 e. The molecule has 1 aliphatic rings. The second-order valence-corrected chi connectivity index (χ2v) is 10.1. The molecule has 0 atom stereocenters. The van der Waals surface area contributed by atoms with Gasteiger partial charge in [-0.05, 0) is 30.3 Å². The Labute approximate surface area is 223 Å². The number of carbonyl (C=O) groups excluding carboxylic acids is 1. The fraction of sp³-hybridized carbons (Fsp3) is 0.207. The Morgan fingerprint density at radius 3 is 2.47 bits per heavy atom. The number of rotatable bonds is 6. The van der Waals surface area contributed by atoms with Gasteiger partial charge in [0.1, 0.15) is 16.8 Å². The topological polar surface area (TPSA) is 83.5 Å². The summed E-state index contributed by atoms with van der Waals surface area (Å²) < 4.78 is 6.96. The van der Waals surface area contributed by atoms with Crippen molar-refractivity contribution in [1.82, 2.24) is 19.4 Å². The monoisotopic (exact) mass is 525 g/mol. The summed E-state index contributed by atoms with van der Waals surface area (Å²) in [6, 6.07) is 25.3. The molecule has 0 radical (unpaired) electrons. The molecular formula is C29H27N5O3S. The number of ether oxygens (including phenoxy) is 1. The molecule has 5 aromatic rings. The fourth-order valence-electron chi connectivity index (χ4n) is 4.89. The third kappa shape index (κ3) is 4.50. The van der Waals surface area contributed by atoms with Crippen LogP contribution in [-0.2, 0) is 4.79 Å². The molecule has 9 heteroatoms. The van der Waals surface area contributed by atoms with Gasteiger partial charge >= 0.3 is 0 Å². The van der Waals surface area contributed by atoms with Crippen molar-refractivity contribution in [3.05, 3.63) is 89.2 Å². The maximum absolute atomic E-state index is 13.8. The van der Waals surface area contributed by atoms with Crippen LogP contribution in [-0.4, -0.2) is 64.4 Å². The molecule has 1 aliphatic heterocycles. The molecule has 0 unspecified atom stereocenters. The molecule has 0 bridgehead atoms. The van der Waals surface area contributed by atoms with Crippen molar-refractivity contribution < 1.29 is 9.53 Å². The van der Waals surface area contributed by atoms with Crippen molar-refractivity contribution in [3.8, 4) is 11.4 Å². The normalized spacial score (nSPS) is 13.8. The SMILES string of the molecule is COc1cccc(-n2c(SCC(=O)N3CCN(c4ccccc4)CC3)nc3c([nH]c4ccccc43)c2=O)c1. The van der Waals surface area contributed by atoms with E-state index in [0.717, 1.165) is 24.0 Å². The lowest BCUT2D eigenvalue weighted by molar-refractivity contribution is -0.128. The Morgan fingerprint density at radius 2 is 1.68 bits per heavy atom. The number of thioether (sulfide) groups is 1. The third-order valence-electron chi connectivity index (χ3n) is 6.88. The van der Waals surface area contributed by atoms with Crippen molar-refractivity contribution >= 4 is 45.3 Å². The van der Waals surface area contributed by atoms with Crippen LogP contribution in [0.5, 0.6) is 5.75 Å². The lowest BCUT2D eigenvalue weighted by Gasteiger charge is -2.36. The average Bonchev–Trinajstić information content (AvgIpc) is 3.35. The number of amides is 1. The molecule has 1 N–H and O–H groups in total. The summed E-state index contributed by atoms with van der Waals surface area (Å²) in [5, 5.41) is 1.35. The van der Waals surface area contributed by atoms with E-state index in [4.69, 9.17) is 9.72 Å². The number of piperazine rings is 1. The number of benzene rings is 3. The van der Waals surface area contributed by atoms with Crippen LogP contribution in [0.15, 0.2) is 88.8 Å². The van der Waals surface area contributed by atoms with Crippen molar-refractivity contribution in [2.75, 3.05) is 43.9 Å². The molecule has 2 aromatic heterocycles. The fourth-order valence-corrected chi connectivity index (χ4v) is 5.80. The van der Waals surface area contributed by atoms with Gasteiger partial charge in [-0.25, -0.2) is 4.98 Å². The van der Waals surface area contributed by atoms with E-state index in [0.29, 0.717) is 40.7 Å². The zero-order chi connectivity index (χ0) is 26.1. The van der Waals surface area contributed by atoms with E-state index < -0.39 is 0 Å². The highest BCUT2D eigenvalue weighted by atomic mass is 32.2. The van der Waals surface area contributed by atoms with Gasteiger partial charge < -0.3 is 19.5 Å². The molecule has 8 nitrogen and oxygen atoms in total. The van der Waals surface area contributed by atoms with E-state index in [1.54, 1.807) is 17.7 Å². The van der Waals surface area contributed by atoms with Crippen LogP contribution in [0.3, 0.4) is 0 Å². The van der Waals surface area contributed by atoms with E-state index in [9.17, 15) is 9.59 Å². The van der Waals surface area contributed by atoms with Gasteiger partial charge in [-0.1, -0.05) is 54.2 Å².